The van der Waals surface area contributed by atoms with Crippen molar-refractivity contribution in [3.63, 3.8) is 0 Å². The SMILES string of the molecule is CCCCCN(C(=O)O)C(=O)c1ccc(-c2cc3c(cc2O)Oc2cc(O)c(Cl)cc2C3c2c(Cl)c(Cl)c(Cl)c(Cl)c2C(=O)O)cc1. The fourth-order valence-electron chi connectivity index (χ4n) is 5.48. The Morgan fingerprint density at radius 3 is 1.98 bits per heavy atom. The van der Waals surface area contributed by atoms with Crippen LogP contribution in [-0.2, 0) is 0 Å². The molecular weight excluding hydrogens is 716 g/mol. The fourth-order valence-corrected chi connectivity index (χ4v) is 6.71. The summed E-state index contributed by atoms with van der Waals surface area (Å²) in [4.78, 5) is 38.1. The summed E-state index contributed by atoms with van der Waals surface area (Å²) in [6.07, 6.45) is 0.799. The normalized spacial score (nSPS) is 13.4. The zero-order valence-electron chi connectivity index (χ0n) is 24.3. The van der Waals surface area contributed by atoms with Crippen LogP contribution in [0.1, 0.15) is 69.5 Å². The molecule has 47 heavy (non-hydrogen) atoms. The Hall–Kier alpha value is -3.86. The first-order chi connectivity index (χ1) is 22.3. The molecular formula is C33H24Cl5NO8. The molecule has 0 spiro atoms. The van der Waals surface area contributed by atoms with Gasteiger partial charge in [0.25, 0.3) is 5.91 Å². The number of aromatic carboxylic acids is 1. The summed E-state index contributed by atoms with van der Waals surface area (Å²) in [6.45, 7) is 2.02. The minimum absolute atomic E-state index is 0.0412. The van der Waals surface area contributed by atoms with Gasteiger partial charge in [0.2, 0.25) is 0 Å². The molecule has 2 amide bonds. The van der Waals surface area contributed by atoms with Crippen molar-refractivity contribution in [3.8, 4) is 34.1 Å². The summed E-state index contributed by atoms with van der Waals surface area (Å²) in [7, 11) is 0. The molecule has 244 valence electrons. The van der Waals surface area contributed by atoms with Crippen LogP contribution in [0.2, 0.25) is 25.1 Å². The molecule has 5 rings (SSSR count). The Morgan fingerprint density at radius 1 is 0.787 bits per heavy atom. The summed E-state index contributed by atoms with van der Waals surface area (Å²) in [5.74, 6) is -3.57. The number of imide groups is 1. The molecule has 4 aromatic rings. The second-order valence-electron chi connectivity index (χ2n) is 10.7. The number of fused-ring (bicyclic) bond motifs is 2. The topological polar surface area (TPSA) is 145 Å². The highest BCUT2D eigenvalue weighted by molar-refractivity contribution is 6.53. The van der Waals surface area contributed by atoms with Crippen molar-refractivity contribution >= 4 is 76.0 Å². The van der Waals surface area contributed by atoms with Crippen LogP contribution in [0.25, 0.3) is 11.1 Å². The molecule has 0 aliphatic carbocycles. The quantitative estimate of drug-likeness (QED) is 0.0699. The Balaban J connectivity index is 1.67. The number of nitrogens with zero attached hydrogens (tertiary/aromatic N) is 1. The highest BCUT2D eigenvalue weighted by Gasteiger charge is 2.38. The molecule has 14 heteroatoms. The van der Waals surface area contributed by atoms with Crippen LogP contribution in [0.15, 0.2) is 48.5 Å². The van der Waals surface area contributed by atoms with E-state index in [2.05, 4.69) is 0 Å². The lowest BCUT2D eigenvalue weighted by atomic mass is 9.79. The van der Waals surface area contributed by atoms with Crippen molar-refractivity contribution < 1.29 is 39.5 Å². The van der Waals surface area contributed by atoms with Crippen LogP contribution in [0.5, 0.6) is 23.0 Å². The highest BCUT2D eigenvalue weighted by Crippen LogP contribution is 2.56. The molecule has 1 unspecified atom stereocenters. The predicted octanol–water partition coefficient (Wildman–Crippen LogP) is 10.3. The van der Waals surface area contributed by atoms with Crippen LogP contribution in [0, 0.1) is 0 Å². The fraction of sp³-hybridized carbons (Fsp3) is 0.182. The number of ether oxygens (including phenoxy) is 1. The summed E-state index contributed by atoms with van der Waals surface area (Å²) in [5, 5.41) is 40.2. The van der Waals surface area contributed by atoms with E-state index in [0.29, 0.717) is 23.1 Å². The zero-order valence-corrected chi connectivity index (χ0v) is 28.1. The van der Waals surface area contributed by atoms with Gasteiger partial charge in [-0.1, -0.05) is 89.9 Å². The molecule has 9 nitrogen and oxygen atoms in total. The van der Waals surface area contributed by atoms with Gasteiger partial charge in [-0.15, -0.1) is 0 Å². The standard InChI is InChI=1S/C33H24Cl5NO8/c1-2-3-4-9-39(33(45)46)31(42)15-7-5-14(6-8-15)16-10-17-22(12-20(16)40)47-23-13-21(41)19(34)11-18(23)24(17)25-26(32(43)44)28(36)30(38)29(37)27(25)35/h5-8,10-13,24,40-41H,2-4,9H2,1H3,(H,43,44)(H,45,46). The first-order valence-electron chi connectivity index (χ1n) is 14.1. The van der Waals surface area contributed by atoms with Crippen molar-refractivity contribution in [1.29, 1.82) is 0 Å². The van der Waals surface area contributed by atoms with Crippen molar-refractivity contribution in [2.24, 2.45) is 0 Å². The number of aromatic hydroxyl groups is 2. The lowest BCUT2D eigenvalue weighted by molar-refractivity contribution is 0.0692. The number of carboxylic acid groups (broad SMARTS) is 2. The lowest BCUT2D eigenvalue weighted by Crippen LogP contribution is -2.36. The van der Waals surface area contributed by atoms with E-state index in [1.807, 2.05) is 6.92 Å². The maximum absolute atomic E-state index is 13.0. The number of carbonyl (C=O) groups excluding carboxylic acids is 1. The van der Waals surface area contributed by atoms with E-state index in [0.717, 1.165) is 17.7 Å². The van der Waals surface area contributed by atoms with Gasteiger partial charge in [0.05, 0.1) is 30.7 Å². The van der Waals surface area contributed by atoms with Gasteiger partial charge >= 0.3 is 12.1 Å². The number of rotatable bonds is 8. The third-order valence-electron chi connectivity index (χ3n) is 7.76. The first-order valence-corrected chi connectivity index (χ1v) is 16.0. The van der Waals surface area contributed by atoms with Gasteiger partial charge in [0.15, 0.2) is 0 Å². The molecule has 1 aliphatic heterocycles. The third kappa shape index (κ3) is 6.38. The first kappa shape index (κ1) is 34.5. The van der Waals surface area contributed by atoms with E-state index in [9.17, 15) is 34.8 Å². The average Bonchev–Trinajstić information content (AvgIpc) is 3.03. The number of benzene rings is 4. The number of hydrogen-bond donors (Lipinski definition) is 4. The maximum Gasteiger partial charge on any atom is 0.414 e. The van der Waals surface area contributed by atoms with Crippen LogP contribution in [-0.4, -0.2) is 49.8 Å². The Morgan fingerprint density at radius 2 is 1.38 bits per heavy atom. The molecule has 0 radical (unpaired) electrons. The largest absolute Gasteiger partial charge is 0.507 e. The van der Waals surface area contributed by atoms with Gasteiger partial charge in [0.1, 0.15) is 23.0 Å². The number of unbranched alkanes of at least 4 members (excludes halogenated alkanes) is 2. The van der Waals surface area contributed by atoms with E-state index in [-0.39, 0.29) is 71.3 Å². The smallest absolute Gasteiger partial charge is 0.414 e. The van der Waals surface area contributed by atoms with Crippen molar-refractivity contribution in [3.05, 3.63) is 101 Å². The molecule has 1 aliphatic rings. The van der Waals surface area contributed by atoms with Gasteiger partial charge in [-0.2, -0.15) is 0 Å². The number of carboxylic acids is 1. The highest BCUT2D eigenvalue weighted by atomic mass is 35.5. The maximum atomic E-state index is 13.0. The molecule has 1 heterocycles. The van der Waals surface area contributed by atoms with Gasteiger partial charge in [0, 0.05) is 52.4 Å². The molecule has 0 bridgehead atoms. The van der Waals surface area contributed by atoms with Crippen LogP contribution in [0.3, 0.4) is 0 Å². The van der Waals surface area contributed by atoms with E-state index in [1.54, 1.807) is 6.07 Å². The number of halogens is 5. The lowest BCUT2D eigenvalue weighted by Gasteiger charge is -2.31. The Labute approximate surface area is 293 Å². The van der Waals surface area contributed by atoms with Crippen LogP contribution >= 0.6 is 58.0 Å². The second kappa shape index (κ2) is 13.7. The Bertz CT molecular complexity index is 1950. The van der Waals surface area contributed by atoms with Crippen molar-refractivity contribution in [2.45, 2.75) is 32.1 Å². The van der Waals surface area contributed by atoms with Gasteiger partial charge < -0.3 is 25.2 Å². The summed E-state index contributed by atoms with van der Waals surface area (Å²) in [6, 6.07) is 11.4. The van der Waals surface area contributed by atoms with Gasteiger partial charge in [-0.05, 0) is 36.2 Å². The summed E-state index contributed by atoms with van der Waals surface area (Å²) < 4.78 is 6.03. The molecule has 1 atom stereocenters. The number of hydrogen-bond acceptors (Lipinski definition) is 6. The molecule has 0 aromatic heterocycles. The van der Waals surface area contributed by atoms with E-state index in [4.69, 9.17) is 62.7 Å². The molecule has 4 N–H and O–H groups in total. The number of amides is 2. The molecule has 0 saturated carbocycles. The molecule has 0 fully saturated rings. The number of carbonyl (C=O) groups is 3. The van der Waals surface area contributed by atoms with E-state index < -0.39 is 29.5 Å². The minimum Gasteiger partial charge on any atom is -0.507 e. The Kier molecular flexibility index (Phi) is 10.1. The monoisotopic (exact) mass is 737 g/mol. The molecule has 0 saturated heterocycles. The number of phenolic OH excluding ortho intramolecular Hbond substituents is 2. The second-order valence-corrected chi connectivity index (χ2v) is 12.6. The average molecular weight is 740 g/mol. The van der Waals surface area contributed by atoms with Gasteiger partial charge in [-0.25, -0.2) is 14.5 Å². The molecule has 4 aromatic carbocycles. The summed E-state index contributed by atoms with van der Waals surface area (Å²) >= 11 is 32.0. The van der Waals surface area contributed by atoms with Gasteiger partial charge in [-0.3, -0.25) is 4.79 Å². The predicted molar refractivity (Wildman–Crippen MR) is 180 cm³/mol. The van der Waals surface area contributed by atoms with E-state index >= 15 is 0 Å². The number of phenols is 2. The summed E-state index contributed by atoms with van der Waals surface area (Å²) in [5.41, 5.74) is 0.950. The van der Waals surface area contributed by atoms with Crippen LogP contribution in [0.4, 0.5) is 4.79 Å². The van der Waals surface area contributed by atoms with Crippen molar-refractivity contribution in [1.82, 2.24) is 4.90 Å². The zero-order chi connectivity index (χ0) is 34.3. The van der Waals surface area contributed by atoms with Crippen molar-refractivity contribution in [2.75, 3.05) is 6.54 Å². The van der Waals surface area contributed by atoms with E-state index in [1.165, 1.54) is 42.5 Å². The minimum atomic E-state index is -1.45. The third-order valence-corrected chi connectivity index (χ3v) is 9.88. The van der Waals surface area contributed by atoms with Crippen LogP contribution < -0.4 is 4.74 Å².